The number of hydrogen-bond acceptors (Lipinski definition) is 0. The maximum Gasteiger partial charge on any atom is 0.427 e. The highest BCUT2D eigenvalue weighted by atomic mass is 31.1. The van der Waals surface area contributed by atoms with Crippen molar-refractivity contribution >= 4 is 7.53 Å². The molecule has 1 heterocycles. The zero-order valence-corrected chi connectivity index (χ0v) is 6.84. The van der Waals surface area contributed by atoms with E-state index in [9.17, 15) is 26.3 Å². The average molecular weight is 220 g/mol. The summed E-state index contributed by atoms with van der Waals surface area (Å²) in [5, 5.41) is 0. The van der Waals surface area contributed by atoms with Gasteiger partial charge in [-0.2, -0.15) is 26.3 Å². The third-order valence-corrected chi connectivity index (χ3v) is 2.93. The lowest BCUT2D eigenvalue weighted by Crippen LogP contribution is -2.02. The fraction of sp³-hybridized carbons (Fsp3) is 0.333. The molecule has 1 unspecified atom stereocenters. The van der Waals surface area contributed by atoms with Crippen molar-refractivity contribution in [3.8, 4) is 0 Å². The molecule has 7 heteroatoms. The van der Waals surface area contributed by atoms with E-state index < -0.39 is 25.2 Å². The molecule has 13 heavy (non-hydrogen) atoms. The van der Waals surface area contributed by atoms with Crippen LogP contribution in [-0.2, 0) is 12.1 Å². The SMILES string of the molecule is FC(F)(F)c1ccp(C(F)(F)F)c1. The Hall–Kier alpha value is -0.640. The van der Waals surface area contributed by atoms with Crippen molar-refractivity contribution in [3.05, 3.63) is 23.2 Å². The Labute approximate surface area is 70.2 Å². The van der Waals surface area contributed by atoms with Crippen LogP contribution >= 0.6 is 7.53 Å². The van der Waals surface area contributed by atoms with E-state index in [-0.39, 0.29) is 5.80 Å². The quantitative estimate of drug-likeness (QED) is 0.575. The van der Waals surface area contributed by atoms with Crippen LogP contribution in [0.25, 0.3) is 0 Å². The van der Waals surface area contributed by atoms with Gasteiger partial charge in [-0.15, -0.1) is 0 Å². The van der Waals surface area contributed by atoms with Gasteiger partial charge < -0.3 is 0 Å². The molecular weight excluding hydrogens is 217 g/mol. The maximum atomic E-state index is 11.9. The topological polar surface area (TPSA) is 0 Å². The molecule has 0 bridgehead atoms. The second kappa shape index (κ2) is 2.94. The van der Waals surface area contributed by atoms with E-state index in [0.717, 1.165) is 0 Å². The van der Waals surface area contributed by atoms with Crippen LogP contribution in [0.4, 0.5) is 26.3 Å². The number of alkyl halides is 6. The summed E-state index contributed by atoms with van der Waals surface area (Å²) in [7, 11) is -2.75. The molecule has 0 fully saturated rings. The molecule has 74 valence electrons. The minimum absolute atomic E-state index is 0.231. The first-order chi connectivity index (χ1) is 5.71. The fourth-order valence-electron chi connectivity index (χ4n) is 0.722. The van der Waals surface area contributed by atoms with Crippen molar-refractivity contribution in [1.82, 2.24) is 0 Å². The van der Waals surface area contributed by atoms with Crippen LogP contribution in [0.5, 0.6) is 0 Å². The van der Waals surface area contributed by atoms with Crippen LogP contribution in [0.15, 0.2) is 17.7 Å². The second-order valence-electron chi connectivity index (χ2n) is 2.27. The van der Waals surface area contributed by atoms with E-state index in [0.29, 0.717) is 11.9 Å². The molecule has 0 radical (unpaired) electrons. The van der Waals surface area contributed by atoms with Crippen molar-refractivity contribution in [2.24, 2.45) is 0 Å². The highest BCUT2D eigenvalue weighted by molar-refractivity contribution is 7.49. The summed E-state index contributed by atoms with van der Waals surface area (Å²) in [6.07, 6.45) is -4.68. The van der Waals surface area contributed by atoms with Gasteiger partial charge in [0.05, 0.1) is 5.56 Å². The first-order valence-corrected chi connectivity index (χ1v) is 4.51. The van der Waals surface area contributed by atoms with Crippen LogP contribution in [-0.4, -0.2) is 0 Å². The molecule has 0 N–H and O–H groups in total. The molecule has 0 amide bonds. The van der Waals surface area contributed by atoms with Gasteiger partial charge in [-0.05, 0) is 25.2 Å². The van der Waals surface area contributed by atoms with Gasteiger partial charge in [-0.3, -0.25) is 0 Å². The van der Waals surface area contributed by atoms with Gasteiger partial charge in [0.1, 0.15) is 0 Å². The summed E-state index contributed by atoms with van der Waals surface area (Å²) < 4.78 is 71.2. The summed E-state index contributed by atoms with van der Waals surface area (Å²) in [6.45, 7) is 0. The van der Waals surface area contributed by atoms with Crippen LogP contribution in [0, 0.1) is 0 Å². The summed E-state index contributed by atoms with van der Waals surface area (Å²) >= 11 is 0. The molecule has 0 aliphatic carbocycles. The predicted molar refractivity (Wildman–Crippen MR) is 35.5 cm³/mol. The largest absolute Gasteiger partial charge is 0.427 e. The van der Waals surface area contributed by atoms with E-state index >= 15 is 0 Å². The van der Waals surface area contributed by atoms with Crippen molar-refractivity contribution in [3.63, 3.8) is 0 Å². The molecule has 0 saturated carbocycles. The van der Waals surface area contributed by atoms with Crippen LogP contribution < -0.4 is 0 Å². The van der Waals surface area contributed by atoms with Crippen molar-refractivity contribution in [2.45, 2.75) is 12.1 Å². The minimum atomic E-state index is -4.68. The van der Waals surface area contributed by atoms with Gasteiger partial charge in [-0.1, -0.05) is 0 Å². The molecule has 1 atom stereocenters. The van der Waals surface area contributed by atoms with Gasteiger partial charge in [0.2, 0.25) is 0 Å². The van der Waals surface area contributed by atoms with E-state index in [1.807, 2.05) is 0 Å². The fourth-order valence-corrected chi connectivity index (χ4v) is 1.98. The molecule has 1 aromatic rings. The van der Waals surface area contributed by atoms with Crippen molar-refractivity contribution in [2.75, 3.05) is 0 Å². The lowest BCUT2D eigenvalue weighted by atomic mass is 10.3. The Morgan fingerprint density at radius 2 is 1.54 bits per heavy atom. The molecule has 1 rings (SSSR count). The monoisotopic (exact) mass is 220 g/mol. The van der Waals surface area contributed by atoms with E-state index in [2.05, 4.69) is 0 Å². The Morgan fingerprint density at radius 3 is 1.77 bits per heavy atom. The molecule has 0 aliphatic heterocycles. The van der Waals surface area contributed by atoms with Gasteiger partial charge in [0.15, 0.2) is 0 Å². The minimum Gasteiger partial charge on any atom is -0.166 e. The van der Waals surface area contributed by atoms with Gasteiger partial charge >= 0.3 is 12.1 Å². The van der Waals surface area contributed by atoms with Gasteiger partial charge in [0, 0.05) is 0 Å². The lowest BCUT2D eigenvalue weighted by molar-refractivity contribution is -0.137. The second-order valence-corrected chi connectivity index (χ2v) is 4.15. The third-order valence-electron chi connectivity index (χ3n) is 1.31. The van der Waals surface area contributed by atoms with Crippen molar-refractivity contribution < 1.29 is 26.3 Å². The molecular formula is C6H3F6P. The average Bonchev–Trinajstić information content (AvgIpc) is 2.28. The zero-order valence-electron chi connectivity index (χ0n) is 5.95. The molecule has 0 spiro atoms. The first kappa shape index (κ1) is 10.4. The summed E-state index contributed by atoms with van der Waals surface area (Å²) in [6, 6.07) is 0.471. The number of hydrogen-bond donors (Lipinski definition) is 0. The Morgan fingerprint density at radius 1 is 1.00 bits per heavy atom. The van der Waals surface area contributed by atoms with Gasteiger partial charge in [-0.25, -0.2) is 0 Å². The molecule has 0 nitrogen and oxygen atoms in total. The van der Waals surface area contributed by atoms with Crippen LogP contribution in [0.2, 0.25) is 0 Å². The Balaban J connectivity index is 3.01. The van der Waals surface area contributed by atoms with E-state index in [1.165, 1.54) is 0 Å². The van der Waals surface area contributed by atoms with Crippen LogP contribution in [0.3, 0.4) is 0 Å². The third kappa shape index (κ3) is 2.40. The standard InChI is InChI=1S/C6H3F6P/c7-5(8,9)4-1-2-13(3-4)6(10,11)12/h1-3H. The maximum absolute atomic E-state index is 11.9. The molecule has 1 aromatic heterocycles. The van der Waals surface area contributed by atoms with Gasteiger partial charge in [0.25, 0.3) is 0 Å². The van der Waals surface area contributed by atoms with Crippen LogP contribution in [0.1, 0.15) is 5.56 Å². The number of rotatable bonds is 0. The Bertz CT molecular complexity index is 264. The molecule has 0 aromatic carbocycles. The number of halogens is 6. The summed E-state index contributed by atoms with van der Waals surface area (Å²) in [4.78, 5) is 0. The van der Waals surface area contributed by atoms with E-state index in [4.69, 9.17) is 0 Å². The molecule has 0 aliphatic rings. The van der Waals surface area contributed by atoms with Crippen molar-refractivity contribution in [1.29, 1.82) is 0 Å². The zero-order chi connectivity index (χ0) is 10.3. The first-order valence-electron chi connectivity index (χ1n) is 3.03. The summed E-state index contributed by atoms with van der Waals surface area (Å²) in [5.41, 5.74) is -1.21. The Kier molecular flexibility index (Phi) is 2.36. The summed E-state index contributed by atoms with van der Waals surface area (Å²) in [5.74, 6) is -3.79. The smallest absolute Gasteiger partial charge is 0.166 e. The van der Waals surface area contributed by atoms with E-state index in [1.54, 1.807) is 0 Å². The molecule has 0 saturated heterocycles. The highest BCUT2D eigenvalue weighted by Gasteiger charge is 2.36. The lowest BCUT2D eigenvalue weighted by Gasteiger charge is -2.04. The normalized spacial score (nSPS) is 14.8. The predicted octanol–water partition coefficient (Wildman–Crippen LogP) is 4.17. The highest BCUT2D eigenvalue weighted by Crippen LogP contribution is 2.51.